The van der Waals surface area contributed by atoms with Crippen LogP contribution in [0.4, 0.5) is 0 Å². The molecule has 1 fully saturated rings. The molecule has 1 aromatic heterocycles. The summed E-state index contributed by atoms with van der Waals surface area (Å²) in [6, 6.07) is 9.48. The summed E-state index contributed by atoms with van der Waals surface area (Å²) in [7, 11) is 0. The van der Waals surface area contributed by atoms with E-state index in [1.165, 1.54) is 0 Å². The van der Waals surface area contributed by atoms with Crippen LogP contribution in [0.5, 0.6) is 0 Å². The summed E-state index contributed by atoms with van der Waals surface area (Å²) in [6.07, 6.45) is 2.16. The van der Waals surface area contributed by atoms with Crippen LogP contribution in [0.15, 0.2) is 28.8 Å². The molecule has 1 unspecified atom stereocenters. The molecule has 5 nitrogen and oxygen atoms in total. The lowest BCUT2D eigenvalue weighted by Gasteiger charge is -2.01. The van der Waals surface area contributed by atoms with Gasteiger partial charge in [-0.25, -0.2) is 0 Å². The molecule has 2 heterocycles. The van der Waals surface area contributed by atoms with Gasteiger partial charge in [0.15, 0.2) is 0 Å². The van der Waals surface area contributed by atoms with Crippen molar-refractivity contribution in [2.24, 2.45) is 0 Å². The number of nitrogens with zero attached hydrogens (tertiary/aromatic N) is 3. The highest BCUT2D eigenvalue weighted by Crippen LogP contribution is 2.24. The van der Waals surface area contributed by atoms with E-state index in [1.807, 2.05) is 12.1 Å². The Labute approximate surface area is 104 Å². The number of rotatable bonds is 2. The van der Waals surface area contributed by atoms with Crippen LogP contribution in [0, 0.1) is 11.3 Å². The summed E-state index contributed by atoms with van der Waals surface area (Å²) < 4.78 is 5.27. The molecule has 18 heavy (non-hydrogen) atoms. The lowest BCUT2D eigenvalue weighted by atomic mass is 10.1. The molecular weight excluding hydrogens is 228 g/mol. The second kappa shape index (κ2) is 4.59. The van der Waals surface area contributed by atoms with E-state index in [2.05, 4.69) is 21.5 Å². The van der Waals surface area contributed by atoms with Crippen molar-refractivity contribution in [2.75, 3.05) is 6.54 Å². The highest BCUT2D eigenvalue weighted by molar-refractivity contribution is 5.57. The van der Waals surface area contributed by atoms with Crippen LogP contribution >= 0.6 is 0 Å². The lowest BCUT2D eigenvalue weighted by Crippen LogP contribution is -2.12. The Bertz CT molecular complexity index is 593. The summed E-state index contributed by atoms with van der Waals surface area (Å²) in [5.41, 5.74) is 1.40. The van der Waals surface area contributed by atoms with E-state index in [0.29, 0.717) is 17.3 Å². The molecule has 1 aliphatic heterocycles. The minimum Gasteiger partial charge on any atom is -0.337 e. The van der Waals surface area contributed by atoms with E-state index in [1.54, 1.807) is 12.1 Å². The Morgan fingerprint density at radius 1 is 1.44 bits per heavy atom. The van der Waals surface area contributed by atoms with Crippen LogP contribution in [0.25, 0.3) is 11.4 Å². The van der Waals surface area contributed by atoms with Gasteiger partial charge in [0, 0.05) is 5.56 Å². The van der Waals surface area contributed by atoms with Gasteiger partial charge in [-0.1, -0.05) is 17.3 Å². The minimum absolute atomic E-state index is 0.172. The maximum absolute atomic E-state index is 8.86. The first-order valence-corrected chi connectivity index (χ1v) is 5.94. The molecule has 1 aromatic carbocycles. The fraction of sp³-hybridized carbons (Fsp3) is 0.308. The first-order valence-electron chi connectivity index (χ1n) is 5.94. The average Bonchev–Trinajstić information content (AvgIpc) is 3.09. The maximum atomic E-state index is 8.86. The van der Waals surface area contributed by atoms with Gasteiger partial charge in [-0.05, 0) is 31.5 Å². The zero-order chi connectivity index (χ0) is 12.4. The van der Waals surface area contributed by atoms with E-state index >= 15 is 0 Å². The minimum atomic E-state index is 0.172. The Kier molecular flexibility index (Phi) is 2.79. The molecule has 0 radical (unpaired) electrons. The topological polar surface area (TPSA) is 74.7 Å². The van der Waals surface area contributed by atoms with Crippen LogP contribution < -0.4 is 5.32 Å². The third-order valence-electron chi connectivity index (χ3n) is 3.05. The Hall–Kier alpha value is -2.19. The van der Waals surface area contributed by atoms with Crippen LogP contribution in [0.2, 0.25) is 0 Å². The van der Waals surface area contributed by atoms with E-state index < -0.39 is 0 Å². The Morgan fingerprint density at radius 2 is 2.39 bits per heavy atom. The van der Waals surface area contributed by atoms with Crippen molar-refractivity contribution < 1.29 is 4.52 Å². The molecule has 5 heteroatoms. The number of aromatic nitrogens is 2. The van der Waals surface area contributed by atoms with Crippen molar-refractivity contribution in [2.45, 2.75) is 18.9 Å². The van der Waals surface area contributed by atoms with Crippen LogP contribution in [-0.4, -0.2) is 16.7 Å². The van der Waals surface area contributed by atoms with Gasteiger partial charge in [0.25, 0.3) is 0 Å². The number of benzene rings is 1. The van der Waals surface area contributed by atoms with Crippen molar-refractivity contribution in [1.82, 2.24) is 15.5 Å². The normalized spacial score (nSPS) is 18.7. The number of nitrogens with one attached hydrogen (secondary N) is 1. The van der Waals surface area contributed by atoms with Gasteiger partial charge < -0.3 is 9.84 Å². The maximum Gasteiger partial charge on any atom is 0.244 e. The zero-order valence-electron chi connectivity index (χ0n) is 9.76. The van der Waals surface area contributed by atoms with Crippen molar-refractivity contribution in [3.8, 4) is 17.5 Å². The largest absolute Gasteiger partial charge is 0.337 e. The standard InChI is InChI=1S/C13H12N4O/c14-8-9-3-1-4-10(7-9)12-16-13(18-17-12)11-5-2-6-15-11/h1,3-4,7,11,15H,2,5-6H2. The summed E-state index contributed by atoms with van der Waals surface area (Å²) in [5.74, 6) is 1.17. The van der Waals surface area contributed by atoms with E-state index in [-0.39, 0.29) is 6.04 Å². The predicted molar refractivity (Wildman–Crippen MR) is 64.4 cm³/mol. The lowest BCUT2D eigenvalue weighted by molar-refractivity contribution is 0.345. The van der Waals surface area contributed by atoms with Crippen molar-refractivity contribution in [3.63, 3.8) is 0 Å². The summed E-state index contributed by atoms with van der Waals surface area (Å²) in [4.78, 5) is 4.39. The van der Waals surface area contributed by atoms with E-state index in [4.69, 9.17) is 9.78 Å². The smallest absolute Gasteiger partial charge is 0.244 e. The number of hydrogen-bond acceptors (Lipinski definition) is 5. The van der Waals surface area contributed by atoms with E-state index in [9.17, 15) is 0 Å². The SMILES string of the molecule is N#Cc1cccc(-c2noc(C3CCCN3)n2)c1. The molecule has 1 atom stereocenters. The quantitative estimate of drug-likeness (QED) is 0.869. The molecule has 3 rings (SSSR count). The van der Waals surface area contributed by atoms with Crippen LogP contribution in [0.3, 0.4) is 0 Å². The zero-order valence-corrected chi connectivity index (χ0v) is 9.76. The number of nitriles is 1. The second-order valence-electron chi connectivity index (χ2n) is 4.30. The Balaban J connectivity index is 1.90. The first kappa shape index (κ1) is 10.9. The second-order valence-corrected chi connectivity index (χ2v) is 4.30. The van der Waals surface area contributed by atoms with Gasteiger partial charge in [0.1, 0.15) is 0 Å². The average molecular weight is 240 g/mol. The fourth-order valence-corrected chi connectivity index (χ4v) is 2.12. The highest BCUT2D eigenvalue weighted by Gasteiger charge is 2.22. The van der Waals surface area contributed by atoms with Crippen LogP contribution in [-0.2, 0) is 0 Å². The van der Waals surface area contributed by atoms with Crippen LogP contribution in [0.1, 0.15) is 30.3 Å². The number of hydrogen-bond donors (Lipinski definition) is 1. The molecule has 1 saturated heterocycles. The van der Waals surface area contributed by atoms with Crippen molar-refractivity contribution in [3.05, 3.63) is 35.7 Å². The first-order chi connectivity index (χ1) is 8.86. The summed E-state index contributed by atoms with van der Waals surface area (Å²) in [5, 5.41) is 16.1. The third-order valence-corrected chi connectivity index (χ3v) is 3.05. The molecule has 0 saturated carbocycles. The van der Waals surface area contributed by atoms with Crippen molar-refractivity contribution in [1.29, 1.82) is 5.26 Å². The van der Waals surface area contributed by atoms with Crippen molar-refractivity contribution >= 4 is 0 Å². The molecule has 0 bridgehead atoms. The van der Waals surface area contributed by atoms with Gasteiger partial charge in [-0.3, -0.25) is 0 Å². The molecule has 90 valence electrons. The van der Waals surface area contributed by atoms with Gasteiger partial charge in [-0.15, -0.1) is 0 Å². The predicted octanol–water partition coefficient (Wildman–Crippen LogP) is 2.03. The van der Waals surface area contributed by atoms with Gasteiger partial charge >= 0.3 is 0 Å². The molecule has 2 aromatic rings. The third kappa shape index (κ3) is 1.98. The molecule has 1 N–H and O–H groups in total. The summed E-state index contributed by atoms with van der Waals surface area (Å²) >= 11 is 0. The van der Waals surface area contributed by atoms with Gasteiger partial charge in [-0.2, -0.15) is 10.2 Å². The molecule has 0 aliphatic carbocycles. The molecule has 1 aliphatic rings. The monoisotopic (exact) mass is 240 g/mol. The van der Waals surface area contributed by atoms with Gasteiger partial charge in [0.05, 0.1) is 17.7 Å². The summed E-state index contributed by atoms with van der Waals surface area (Å²) in [6.45, 7) is 0.992. The van der Waals surface area contributed by atoms with Gasteiger partial charge in [0.2, 0.25) is 11.7 Å². The molecular formula is C13H12N4O. The van der Waals surface area contributed by atoms with E-state index in [0.717, 1.165) is 24.9 Å². The highest BCUT2D eigenvalue weighted by atomic mass is 16.5. The molecule has 0 amide bonds. The molecule has 0 spiro atoms. The fourth-order valence-electron chi connectivity index (χ4n) is 2.12. The Morgan fingerprint density at radius 3 is 3.17 bits per heavy atom.